The van der Waals surface area contributed by atoms with Crippen LogP contribution in [0, 0.1) is 0 Å². The molecule has 0 aromatic heterocycles. The largest absolute Gasteiger partial charge is 0.381 e. The molecule has 3 N–H and O–H groups in total. The summed E-state index contributed by atoms with van der Waals surface area (Å²) in [5, 5.41) is 3.07. The van der Waals surface area contributed by atoms with Crippen LogP contribution >= 0.6 is 0 Å². The molecule has 2 rings (SSSR count). The minimum absolute atomic E-state index is 0.0757. The number of nitrogens with two attached hydrogens (primary N) is 1. The number of carbonyl (C=O) groups is 1. The second-order valence-electron chi connectivity index (χ2n) is 5.46. The summed E-state index contributed by atoms with van der Waals surface area (Å²) in [6.45, 7) is 3.46. The molecule has 0 radical (unpaired) electrons. The van der Waals surface area contributed by atoms with Crippen molar-refractivity contribution in [3.05, 3.63) is 35.9 Å². The van der Waals surface area contributed by atoms with E-state index in [1.54, 1.807) is 0 Å². The molecule has 1 aliphatic heterocycles. The molecule has 1 aromatic carbocycles. The van der Waals surface area contributed by atoms with E-state index in [0.717, 1.165) is 18.4 Å². The van der Waals surface area contributed by atoms with Crippen LogP contribution in [-0.4, -0.2) is 30.7 Å². The smallest absolute Gasteiger partial charge is 0.237 e. The highest BCUT2D eigenvalue weighted by Crippen LogP contribution is 2.19. The fourth-order valence-corrected chi connectivity index (χ4v) is 2.30. The predicted octanol–water partition coefficient (Wildman–Crippen LogP) is 1.24. The molecule has 1 amide bonds. The molecule has 4 nitrogen and oxygen atoms in total. The highest BCUT2D eigenvalue weighted by Gasteiger charge is 2.30. The van der Waals surface area contributed by atoms with Gasteiger partial charge in [-0.25, -0.2) is 0 Å². The van der Waals surface area contributed by atoms with Crippen molar-refractivity contribution in [2.75, 3.05) is 13.2 Å². The summed E-state index contributed by atoms with van der Waals surface area (Å²) in [7, 11) is 0. The number of amides is 1. The van der Waals surface area contributed by atoms with Gasteiger partial charge in [-0.1, -0.05) is 30.3 Å². The number of ether oxygens (including phenoxy) is 1. The molecule has 0 bridgehead atoms. The summed E-state index contributed by atoms with van der Waals surface area (Å²) in [5.74, 6) is -0.0757. The van der Waals surface area contributed by atoms with Crippen molar-refractivity contribution < 1.29 is 9.53 Å². The molecule has 1 aromatic rings. The molecule has 1 heterocycles. The Morgan fingerprint density at radius 1 is 1.37 bits per heavy atom. The van der Waals surface area contributed by atoms with E-state index < -0.39 is 6.04 Å². The Hall–Kier alpha value is -1.39. The Labute approximate surface area is 114 Å². The monoisotopic (exact) mass is 262 g/mol. The molecule has 0 unspecified atom stereocenters. The van der Waals surface area contributed by atoms with Crippen LogP contribution in [0.25, 0.3) is 0 Å². The van der Waals surface area contributed by atoms with Gasteiger partial charge in [-0.2, -0.15) is 0 Å². The number of benzene rings is 1. The Kier molecular flexibility index (Phi) is 4.56. The first-order valence-electron chi connectivity index (χ1n) is 6.78. The van der Waals surface area contributed by atoms with E-state index in [9.17, 15) is 4.79 Å². The number of nitrogens with one attached hydrogen (secondary N) is 1. The van der Waals surface area contributed by atoms with Crippen LogP contribution in [0.5, 0.6) is 0 Å². The van der Waals surface area contributed by atoms with Gasteiger partial charge in [0.05, 0.1) is 6.04 Å². The molecule has 0 aliphatic carbocycles. The van der Waals surface area contributed by atoms with E-state index in [4.69, 9.17) is 10.5 Å². The topological polar surface area (TPSA) is 64.4 Å². The predicted molar refractivity (Wildman–Crippen MR) is 74.7 cm³/mol. The minimum Gasteiger partial charge on any atom is -0.381 e. The third kappa shape index (κ3) is 4.04. The molecule has 19 heavy (non-hydrogen) atoms. The Morgan fingerprint density at radius 2 is 2.00 bits per heavy atom. The Morgan fingerprint density at radius 3 is 2.63 bits per heavy atom. The summed E-state index contributed by atoms with van der Waals surface area (Å²) >= 11 is 0. The zero-order valence-electron chi connectivity index (χ0n) is 11.4. The highest BCUT2D eigenvalue weighted by atomic mass is 16.5. The summed E-state index contributed by atoms with van der Waals surface area (Å²) in [6, 6.07) is 9.35. The normalized spacial score (nSPS) is 19.7. The van der Waals surface area contributed by atoms with Crippen LogP contribution in [0.1, 0.15) is 25.3 Å². The van der Waals surface area contributed by atoms with E-state index >= 15 is 0 Å². The average Bonchev–Trinajstić information content (AvgIpc) is 2.40. The minimum atomic E-state index is -0.498. The van der Waals surface area contributed by atoms with Gasteiger partial charge < -0.3 is 15.8 Å². The van der Waals surface area contributed by atoms with Crippen molar-refractivity contribution in [3.63, 3.8) is 0 Å². The van der Waals surface area contributed by atoms with Crippen LogP contribution in [-0.2, 0) is 16.0 Å². The van der Waals surface area contributed by atoms with E-state index in [0.29, 0.717) is 19.6 Å². The average molecular weight is 262 g/mol. The van der Waals surface area contributed by atoms with Gasteiger partial charge in [0.2, 0.25) is 5.91 Å². The first-order chi connectivity index (χ1) is 9.09. The molecule has 0 saturated carbocycles. The van der Waals surface area contributed by atoms with Crippen LogP contribution in [0.2, 0.25) is 0 Å². The summed E-state index contributed by atoms with van der Waals surface area (Å²) < 4.78 is 5.32. The van der Waals surface area contributed by atoms with Gasteiger partial charge in [-0.3, -0.25) is 4.79 Å². The molecule has 0 spiro atoms. The maximum absolute atomic E-state index is 12.1. The zero-order valence-corrected chi connectivity index (χ0v) is 11.4. The lowest BCUT2D eigenvalue weighted by Crippen LogP contribution is -2.54. The first kappa shape index (κ1) is 14.0. The zero-order chi connectivity index (χ0) is 13.7. The van der Waals surface area contributed by atoms with Crippen molar-refractivity contribution in [3.8, 4) is 0 Å². The third-order valence-corrected chi connectivity index (χ3v) is 3.66. The maximum atomic E-state index is 12.1. The molecular weight excluding hydrogens is 240 g/mol. The van der Waals surface area contributed by atoms with Crippen LogP contribution in [0.3, 0.4) is 0 Å². The fraction of sp³-hybridized carbons (Fsp3) is 0.533. The molecule has 1 fully saturated rings. The third-order valence-electron chi connectivity index (χ3n) is 3.66. The first-order valence-corrected chi connectivity index (χ1v) is 6.78. The molecule has 1 aliphatic rings. The second-order valence-corrected chi connectivity index (χ2v) is 5.46. The van der Waals surface area contributed by atoms with Crippen LogP contribution < -0.4 is 11.1 Å². The van der Waals surface area contributed by atoms with Gasteiger partial charge in [0.15, 0.2) is 0 Å². The lowest BCUT2D eigenvalue weighted by atomic mass is 9.92. The number of carbonyl (C=O) groups excluding carboxylic acids is 1. The van der Waals surface area contributed by atoms with E-state index in [1.807, 2.05) is 30.3 Å². The lowest BCUT2D eigenvalue weighted by molar-refractivity contribution is -0.125. The molecule has 1 saturated heterocycles. The molecule has 104 valence electrons. The van der Waals surface area contributed by atoms with E-state index in [-0.39, 0.29) is 11.4 Å². The van der Waals surface area contributed by atoms with Crippen molar-refractivity contribution in [1.82, 2.24) is 5.32 Å². The number of hydrogen-bond acceptors (Lipinski definition) is 3. The Balaban J connectivity index is 1.88. The maximum Gasteiger partial charge on any atom is 0.237 e. The van der Waals surface area contributed by atoms with Gasteiger partial charge in [0, 0.05) is 18.8 Å². The standard InChI is InChI=1S/C15H22N2O2/c1-15(7-9-19-10-8-15)17-14(18)13(16)11-12-5-3-2-4-6-12/h2-6,13H,7-11,16H2,1H3,(H,17,18)/t13-/m0/s1. The lowest BCUT2D eigenvalue weighted by Gasteiger charge is -2.35. The van der Waals surface area contributed by atoms with Gasteiger partial charge in [-0.15, -0.1) is 0 Å². The van der Waals surface area contributed by atoms with Crippen LogP contribution in [0.15, 0.2) is 30.3 Å². The molecule has 1 atom stereocenters. The van der Waals surface area contributed by atoms with E-state index in [1.165, 1.54) is 0 Å². The Bertz CT molecular complexity index is 413. The second kappa shape index (κ2) is 6.17. The number of rotatable bonds is 4. The van der Waals surface area contributed by atoms with E-state index in [2.05, 4.69) is 12.2 Å². The summed E-state index contributed by atoms with van der Waals surface area (Å²) in [5.41, 5.74) is 6.89. The van der Waals surface area contributed by atoms with Gasteiger partial charge in [0.25, 0.3) is 0 Å². The van der Waals surface area contributed by atoms with Crippen molar-refractivity contribution in [2.45, 2.75) is 37.8 Å². The quantitative estimate of drug-likeness (QED) is 0.858. The SMILES string of the molecule is CC1(NC(=O)[C@@H](N)Cc2ccccc2)CCOCC1. The van der Waals surface area contributed by atoms with Gasteiger partial charge >= 0.3 is 0 Å². The molecular formula is C15H22N2O2. The van der Waals surface area contributed by atoms with Crippen molar-refractivity contribution in [1.29, 1.82) is 0 Å². The summed E-state index contributed by atoms with van der Waals surface area (Å²) in [6.07, 6.45) is 2.26. The number of hydrogen-bond donors (Lipinski definition) is 2. The van der Waals surface area contributed by atoms with Crippen molar-refractivity contribution >= 4 is 5.91 Å². The molecule has 4 heteroatoms. The van der Waals surface area contributed by atoms with Crippen molar-refractivity contribution in [2.24, 2.45) is 5.73 Å². The van der Waals surface area contributed by atoms with Gasteiger partial charge in [0.1, 0.15) is 0 Å². The summed E-state index contributed by atoms with van der Waals surface area (Å²) in [4.78, 5) is 12.1. The van der Waals surface area contributed by atoms with Crippen LogP contribution in [0.4, 0.5) is 0 Å². The fourth-order valence-electron chi connectivity index (χ4n) is 2.30. The van der Waals surface area contributed by atoms with Gasteiger partial charge in [-0.05, 0) is 31.7 Å². The highest BCUT2D eigenvalue weighted by molar-refractivity contribution is 5.82.